The minimum atomic E-state index is -0.436. The van der Waals surface area contributed by atoms with Gasteiger partial charge >= 0.3 is 5.69 Å². The van der Waals surface area contributed by atoms with Gasteiger partial charge in [-0.1, -0.05) is 0 Å². The van der Waals surface area contributed by atoms with Crippen LogP contribution in [0, 0.1) is 10.1 Å². The Morgan fingerprint density at radius 2 is 1.94 bits per heavy atom. The first kappa shape index (κ1) is 14.3. The lowest BCUT2D eigenvalue weighted by Gasteiger charge is -2.22. The summed E-state index contributed by atoms with van der Waals surface area (Å²) in [4.78, 5) is 16.4. The van der Waals surface area contributed by atoms with Gasteiger partial charge < -0.3 is 14.4 Å². The van der Waals surface area contributed by atoms with Gasteiger partial charge in [0.2, 0.25) is 5.82 Å². The second kappa shape index (κ2) is 7.57. The molecule has 0 aliphatic heterocycles. The second-order valence-electron chi connectivity index (χ2n) is 3.58. The maximum atomic E-state index is 11.0. The molecule has 0 fully saturated rings. The van der Waals surface area contributed by atoms with Crippen LogP contribution in [0.5, 0.6) is 0 Å². The van der Waals surface area contributed by atoms with Crippen LogP contribution in [0.15, 0.2) is 18.3 Å². The zero-order valence-corrected chi connectivity index (χ0v) is 10.5. The van der Waals surface area contributed by atoms with Crippen LogP contribution in [0.2, 0.25) is 0 Å². The summed E-state index contributed by atoms with van der Waals surface area (Å²) < 4.78 is 9.99. The van der Waals surface area contributed by atoms with E-state index >= 15 is 0 Å². The van der Waals surface area contributed by atoms with Crippen LogP contribution in [0.1, 0.15) is 0 Å². The molecule has 1 aromatic rings. The number of pyridine rings is 1. The molecule has 18 heavy (non-hydrogen) atoms. The zero-order valence-electron chi connectivity index (χ0n) is 10.5. The summed E-state index contributed by atoms with van der Waals surface area (Å²) in [7, 11) is 3.17. The number of ether oxygens (including phenoxy) is 2. The first-order valence-electron chi connectivity index (χ1n) is 5.53. The fourth-order valence-corrected chi connectivity index (χ4v) is 1.50. The summed E-state index contributed by atoms with van der Waals surface area (Å²) in [5.74, 6) is 0.344. The van der Waals surface area contributed by atoms with Gasteiger partial charge in [0.25, 0.3) is 0 Å². The normalized spacial score (nSPS) is 10.3. The molecule has 0 unspecified atom stereocenters. The molecule has 0 saturated heterocycles. The van der Waals surface area contributed by atoms with Crippen molar-refractivity contribution in [2.75, 3.05) is 45.4 Å². The third-order valence-corrected chi connectivity index (χ3v) is 2.39. The predicted octanol–water partition coefficient (Wildman–Crippen LogP) is 1.09. The molecular formula is C11H17N3O4. The molecule has 7 nitrogen and oxygen atoms in total. The topological polar surface area (TPSA) is 77.7 Å². The third kappa shape index (κ3) is 3.94. The molecule has 1 aromatic heterocycles. The molecule has 0 spiro atoms. The molecule has 0 amide bonds. The lowest BCUT2D eigenvalue weighted by molar-refractivity contribution is -0.384. The predicted molar refractivity (Wildman–Crippen MR) is 66.9 cm³/mol. The summed E-state index contributed by atoms with van der Waals surface area (Å²) in [5.41, 5.74) is -0.00953. The van der Waals surface area contributed by atoms with Crippen LogP contribution in [0.4, 0.5) is 11.5 Å². The molecule has 1 rings (SSSR count). The van der Waals surface area contributed by atoms with Crippen LogP contribution >= 0.6 is 0 Å². The number of nitro groups is 1. The Morgan fingerprint density at radius 1 is 1.33 bits per heavy atom. The van der Waals surface area contributed by atoms with E-state index in [9.17, 15) is 10.1 Å². The van der Waals surface area contributed by atoms with E-state index in [1.165, 1.54) is 12.3 Å². The Morgan fingerprint density at radius 3 is 2.44 bits per heavy atom. The molecule has 7 heteroatoms. The number of methoxy groups -OCH3 is 2. The number of anilines is 1. The first-order valence-corrected chi connectivity index (χ1v) is 5.53. The summed E-state index contributed by atoms with van der Waals surface area (Å²) >= 11 is 0. The summed E-state index contributed by atoms with van der Waals surface area (Å²) in [6.07, 6.45) is 1.54. The van der Waals surface area contributed by atoms with E-state index in [2.05, 4.69) is 4.98 Å². The van der Waals surface area contributed by atoms with Gasteiger partial charge in [-0.05, 0) is 6.07 Å². The van der Waals surface area contributed by atoms with Gasteiger partial charge in [-0.3, -0.25) is 10.1 Å². The quantitative estimate of drug-likeness (QED) is 0.511. The lowest BCUT2D eigenvalue weighted by Crippen LogP contribution is -2.31. The fourth-order valence-electron chi connectivity index (χ4n) is 1.50. The summed E-state index contributed by atoms with van der Waals surface area (Å²) in [6, 6.07) is 2.99. The molecule has 0 aliphatic carbocycles. The Kier molecular flexibility index (Phi) is 6.03. The molecular weight excluding hydrogens is 238 g/mol. The van der Waals surface area contributed by atoms with Gasteiger partial charge in [-0.25, -0.2) is 4.98 Å². The van der Waals surface area contributed by atoms with Crippen molar-refractivity contribution >= 4 is 11.5 Å². The van der Waals surface area contributed by atoms with Crippen LogP contribution in [-0.4, -0.2) is 50.4 Å². The molecule has 0 bridgehead atoms. The minimum absolute atomic E-state index is 0.00953. The van der Waals surface area contributed by atoms with E-state index in [0.717, 1.165) is 0 Å². The number of aromatic nitrogens is 1. The van der Waals surface area contributed by atoms with Gasteiger partial charge in [0, 0.05) is 39.6 Å². The Labute approximate surface area is 105 Å². The van der Waals surface area contributed by atoms with Crippen molar-refractivity contribution < 1.29 is 14.4 Å². The minimum Gasteiger partial charge on any atom is -0.383 e. The molecule has 1 heterocycles. The molecule has 0 radical (unpaired) electrons. The maximum Gasteiger partial charge on any atom is 0.311 e. The van der Waals surface area contributed by atoms with E-state index < -0.39 is 4.92 Å². The summed E-state index contributed by atoms with van der Waals surface area (Å²) in [6.45, 7) is 1.99. The number of hydrogen-bond donors (Lipinski definition) is 0. The highest BCUT2D eigenvalue weighted by atomic mass is 16.6. The number of nitrogens with zero attached hydrogens (tertiary/aromatic N) is 3. The van der Waals surface area contributed by atoms with Crippen molar-refractivity contribution in [2.24, 2.45) is 0 Å². The van der Waals surface area contributed by atoms with Crippen LogP contribution in [0.25, 0.3) is 0 Å². The van der Waals surface area contributed by atoms with Gasteiger partial charge in [0.05, 0.1) is 18.1 Å². The van der Waals surface area contributed by atoms with Gasteiger partial charge in [0.1, 0.15) is 0 Å². The highest BCUT2D eigenvalue weighted by molar-refractivity contribution is 5.57. The van der Waals surface area contributed by atoms with Crippen molar-refractivity contribution in [3.05, 3.63) is 28.4 Å². The lowest BCUT2D eigenvalue weighted by atomic mass is 10.3. The van der Waals surface area contributed by atoms with Crippen molar-refractivity contribution in [1.82, 2.24) is 4.98 Å². The standard InChI is InChI=1S/C11H17N3O4/c1-17-8-6-13(7-9-18-2)11-10(14(15)16)4-3-5-12-11/h3-5H,6-9H2,1-2H3. The van der Waals surface area contributed by atoms with Crippen LogP contribution < -0.4 is 4.90 Å². The van der Waals surface area contributed by atoms with Crippen molar-refractivity contribution in [2.45, 2.75) is 0 Å². The van der Waals surface area contributed by atoms with Crippen LogP contribution in [-0.2, 0) is 9.47 Å². The molecule has 0 aliphatic rings. The van der Waals surface area contributed by atoms with Gasteiger partial charge in [0.15, 0.2) is 0 Å². The van der Waals surface area contributed by atoms with Crippen molar-refractivity contribution in [1.29, 1.82) is 0 Å². The van der Waals surface area contributed by atoms with Gasteiger partial charge in [-0.15, -0.1) is 0 Å². The van der Waals surface area contributed by atoms with Crippen molar-refractivity contribution in [3.8, 4) is 0 Å². The van der Waals surface area contributed by atoms with Crippen molar-refractivity contribution in [3.63, 3.8) is 0 Å². The number of rotatable bonds is 8. The molecule has 0 N–H and O–H groups in total. The molecule has 100 valence electrons. The SMILES string of the molecule is COCCN(CCOC)c1ncccc1[N+](=O)[O-]. The monoisotopic (exact) mass is 255 g/mol. The average Bonchev–Trinajstić information content (AvgIpc) is 2.39. The van der Waals surface area contributed by atoms with E-state index in [-0.39, 0.29) is 5.69 Å². The largest absolute Gasteiger partial charge is 0.383 e. The Bertz CT molecular complexity index is 378. The molecule has 0 atom stereocenters. The highest BCUT2D eigenvalue weighted by Gasteiger charge is 2.19. The first-order chi connectivity index (χ1) is 8.70. The van der Waals surface area contributed by atoms with E-state index in [0.29, 0.717) is 32.1 Å². The molecule has 0 saturated carbocycles. The number of hydrogen-bond acceptors (Lipinski definition) is 6. The Hall–Kier alpha value is -1.73. The third-order valence-electron chi connectivity index (χ3n) is 2.39. The zero-order chi connectivity index (χ0) is 13.4. The maximum absolute atomic E-state index is 11.0. The van der Waals surface area contributed by atoms with E-state index in [1.807, 2.05) is 0 Å². The fraction of sp³-hybridized carbons (Fsp3) is 0.545. The second-order valence-corrected chi connectivity index (χ2v) is 3.58. The summed E-state index contributed by atoms with van der Waals surface area (Å²) in [5, 5.41) is 11.0. The van der Waals surface area contributed by atoms with E-state index in [4.69, 9.17) is 9.47 Å². The average molecular weight is 255 g/mol. The smallest absolute Gasteiger partial charge is 0.311 e. The van der Waals surface area contributed by atoms with E-state index in [1.54, 1.807) is 25.2 Å². The molecule has 0 aromatic carbocycles. The Balaban J connectivity index is 2.92. The van der Waals surface area contributed by atoms with Crippen LogP contribution in [0.3, 0.4) is 0 Å². The highest BCUT2D eigenvalue weighted by Crippen LogP contribution is 2.24. The van der Waals surface area contributed by atoms with Gasteiger partial charge in [-0.2, -0.15) is 0 Å².